The largest absolute Gasteiger partial charge is 0.457 e. The molecule has 4 aliphatic rings. The van der Waals surface area contributed by atoms with Crippen molar-refractivity contribution >= 4 is 23.3 Å². The third kappa shape index (κ3) is 6.32. The predicted octanol–water partition coefficient (Wildman–Crippen LogP) is 7.73. The quantitative estimate of drug-likeness (QED) is 0.229. The Kier molecular flexibility index (Phi) is 7.28. The van der Waals surface area contributed by atoms with Crippen LogP contribution in [-0.2, 0) is 9.47 Å². The summed E-state index contributed by atoms with van der Waals surface area (Å²) in [7, 11) is -2.23. The summed E-state index contributed by atoms with van der Waals surface area (Å²) >= 11 is 0. The molecule has 2 saturated heterocycles. The van der Waals surface area contributed by atoms with Crippen LogP contribution in [0.2, 0.25) is 19.1 Å². The maximum absolute atomic E-state index is 6.25. The number of hydrogen-bond donors (Lipinski definition) is 0. The zero-order valence-corrected chi connectivity index (χ0v) is 25.1. The minimum absolute atomic E-state index is 0.596. The Labute approximate surface area is 227 Å². The molecule has 0 aromatic heterocycles. The summed E-state index contributed by atoms with van der Waals surface area (Å²) in [5.74, 6) is 4.92. The second-order valence-corrected chi connectivity index (χ2v) is 22.1. The summed E-state index contributed by atoms with van der Waals surface area (Å²) in [4.78, 5) is 1.49. The summed E-state index contributed by atoms with van der Waals surface area (Å²) in [6, 6.07) is 19.3. The van der Waals surface area contributed by atoms with E-state index < -0.39 is 18.1 Å². The van der Waals surface area contributed by atoms with Crippen molar-refractivity contribution in [3.63, 3.8) is 0 Å². The first-order valence-electron chi connectivity index (χ1n) is 14.7. The Morgan fingerprint density at radius 1 is 0.730 bits per heavy atom. The second-order valence-electron chi connectivity index (χ2n) is 13.3. The molecule has 2 aromatic rings. The average molecular weight is 539 g/mol. The highest BCUT2D eigenvalue weighted by molar-refractivity contribution is 8.32. The molecule has 0 spiro atoms. The molecule has 6 unspecified atom stereocenters. The molecule has 0 N–H and O–H groups in total. The summed E-state index contributed by atoms with van der Waals surface area (Å²) in [5.41, 5.74) is 0. The van der Waals surface area contributed by atoms with E-state index in [1.165, 1.54) is 68.1 Å². The Hall–Kier alpha value is -1.27. The van der Waals surface area contributed by atoms with Gasteiger partial charge in [-0.05, 0) is 116 Å². The lowest BCUT2D eigenvalue weighted by Gasteiger charge is -2.34. The molecule has 202 valence electrons. The molecular weight excluding hydrogens is 493 g/mol. The molecule has 0 amide bonds. The van der Waals surface area contributed by atoms with E-state index in [0.29, 0.717) is 24.4 Å². The molecule has 5 heteroatoms. The highest BCUT2D eigenvalue weighted by Gasteiger charge is 2.44. The zero-order chi connectivity index (χ0) is 25.6. The number of epoxide rings is 2. The van der Waals surface area contributed by atoms with Crippen LogP contribution >= 0.6 is 10.0 Å². The van der Waals surface area contributed by atoms with Crippen LogP contribution in [0, 0.1) is 11.8 Å². The molecule has 4 fully saturated rings. The smallest absolute Gasteiger partial charge is 0.127 e. The van der Waals surface area contributed by atoms with E-state index in [1.807, 2.05) is 0 Å². The first kappa shape index (κ1) is 26.0. The van der Waals surface area contributed by atoms with Crippen molar-refractivity contribution in [3.05, 3.63) is 48.5 Å². The van der Waals surface area contributed by atoms with Crippen LogP contribution in [0.5, 0.6) is 11.5 Å². The van der Waals surface area contributed by atoms with E-state index in [2.05, 4.69) is 74.1 Å². The first-order chi connectivity index (χ1) is 17.7. The lowest BCUT2D eigenvalue weighted by molar-refractivity contribution is 0.357. The van der Waals surface area contributed by atoms with Crippen molar-refractivity contribution in [2.45, 2.75) is 99.8 Å². The zero-order valence-electron chi connectivity index (χ0n) is 23.3. The summed E-state index contributed by atoms with van der Waals surface area (Å²) < 4.78 is 17.7. The van der Waals surface area contributed by atoms with Gasteiger partial charge in [0.1, 0.15) is 11.5 Å². The van der Waals surface area contributed by atoms with Crippen LogP contribution in [0.4, 0.5) is 0 Å². The van der Waals surface area contributed by atoms with Gasteiger partial charge in [-0.15, -0.1) is 0 Å². The van der Waals surface area contributed by atoms with Crippen molar-refractivity contribution in [1.29, 1.82) is 0 Å². The maximum atomic E-state index is 6.25. The molecule has 6 rings (SSSR count). The van der Waals surface area contributed by atoms with Crippen LogP contribution in [0.15, 0.2) is 53.4 Å². The van der Waals surface area contributed by atoms with E-state index in [0.717, 1.165) is 23.3 Å². The minimum atomic E-state index is -1.44. The van der Waals surface area contributed by atoms with E-state index >= 15 is 0 Å². The Bertz CT molecular complexity index is 981. The molecule has 0 bridgehead atoms. The van der Waals surface area contributed by atoms with E-state index in [-0.39, 0.29) is 0 Å². The van der Waals surface area contributed by atoms with Gasteiger partial charge in [-0.3, -0.25) is 0 Å². The van der Waals surface area contributed by atoms with Gasteiger partial charge >= 0.3 is 0 Å². The van der Waals surface area contributed by atoms with Crippen LogP contribution in [0.3, 0.4) is 0 Å². The molecule has 2 aromatic carbocycles. The van der Waals surface area contributed by atoms with Gasteiger partial charge in [-0.25, -0.2) is 10.0 Å². The highest BCUT2D eigenvalue weighted by atomic mass is 32.3. The predicted molar refractivity (Wildman–Crippen MR) is 159 cm³/mol. The lowest BCUT2D eigenvalue weighted by Crippen LogP contribution is -2.41. The van der Waals surface area contributed by atoms with E-state index in [1.54, 1.807) is 5.19 Å². The number of ether oxygens (including phenoxy) is 3. The van der Waals surface area contributed by atoms with Crippen LogP contribution in [0.1, 0.15) is 51.4 Å². The molecular formula is C32H46O3SSi. The molecule has 6 atom stereocenters. The lowest BCUT2D eigenvalue weighted by atomic mass is 9.87. The monoisotopic (exact) mass is 538 g/mol. The van der Waals surface area contributed by atoms with E-state index in [9.17, 15) is 0 Å². The van der Waals surface area contributed by atoms with Crippen LogP contribution in [-0.4, -0.2) is 50.8 Å². The van der Waals surface area contributed by atoms with Crippen molar-refractivity contribution in [2.75, 3.05) is 18.3 Å². The number of fused-ring (bicyclic) bond motifs is 2. The summed E-state index contributed by atoms with van der Waals surface area (Å²) in [5, 5.41) is 1.54. The standard InChI is InChI=1S/C32H46O3SSi/c1-36(2,19-17-23-5-15-29-31(21-23)34-29)27-11-7-25(8-12-27)33-26-9-13-28(14-10-26)37(3,4)20-18-24-6-16-30-32(22-24)35-30/h7-14,23-24,29-32H,5-6,15-22H2,1-4H3. The van der Waals surface area contributed by atoms with Gasteiger partial charge in [-0.1, -0.05) is 42.9 Å². The fourth-order valence-electron chi connectivity index (χ4n) is 6.77. The van der Waals surface area contributed by atoms with Gasteiger partial charge in [-0.2, -0.15) is 0 Å². The highest BCUT2D eigenvalue weighted by Crippen LogP contribution is 2.52. The Morgan fingerprint density at radius 3 is 1.84 bits per heavy atom. The molecule has 2 heterocycles. The average Bonchev–Trinajstić information content (AvgIpc) is 3.81. The molecule has 0 radical (unpaired) electrons. The van der Waals surface area contributed by atoms with Crippen molar-refractivity contribution < 1.29 is 14.2 Å². The van der Waals surface area contributed by atoms with Crippen molar-refractivity contribution in [1.82, 2.24) is 0 Å². The number of hydrogen-bond acceptors (Lipinski definition) is 3. The van der Waals surface area contributed by atoms with E-state index in [4.69, 9.17) is 14.2 Å². The SMILES string of the molecule is C[Si](C)(CCC1CCC2OC2C1)c1ccc(Oc2ccc(S(C)(C)CCC3CCC4OC4C3)cc2)cc1. The number of benzene rings is 2. The van der Waals surface area contributed by atoms with Gasteiger partial charge in [0.05, 0.1) is 32.5 Å². The summed E-state index contributed by atoms with van der Waals surface area (Å²) in [6.07, 6.45) is 18.0. The van der Waals surface area contributed by atoms with Gasteiger partial charge in [0.2, 0.25) is 0 Å². The topological polar surface area (TPSA) is 34.3 Å². The Balaban J connectivity index is 0.995. The van der Waals surface area contributed by atoms with Gasteiger partial charge in [0.25, 0.3) is 0 Å². The van der Waals surface area contributed by atoms with Gasteiger partial charge < -0.3 is 14.2 Å². The Morgan fingerprint density at radius 2 is 1.27 bits per heavy atom. The third-order valence-electron chi connectivity index (χ3n) is 9.77. The third-order valence-corrected chi connectivity index (χ3v) is 16.0. The molecule has 37 heavy (non-hydrogen) atoms. The molecule has 2 aliphatic heterocycles. The second kappa shape index (κ2) is 10.4. The van der Waals surface area contributed by atoms with Crippen molar-refractivity contribution in [2.24, 2.45) is 11.8 Å². The molecule has 2 aliphatic carbocycles. The molecule has 2 saturated carbocycles. The van der Waals surface area contributed by atoms with Crippen LogP contribution < -0.4 is 9.92 Å². The van der Waals surface area contributed by atoms with Gasteiger partial charge in [0.15, 0.2) is 0 Å². The fraction of sp³-hybridized carbons (Fsp3) is 0.625. The fourth-order valence-corrected chi connectivity index (χ4v) is 11.3. The van der Waals surface area contributed by atoms with Crippen LogP contribution in [0.25, 0.3) is 0 Å². The normalized spacial score (nSPS) is 31.2. The number of rotatable bonds is 10. The maximum Gasteiger partial charge on any atom is 0.127 e. The van der Waals surface area contributed by atoms with Gasteiger partial charge in [0, 0.05) is 0 Å². The summed E-state index contributed by atoms with van der Waals surface area (Å²) in [6.45, 7) is 5.05. The molecule has 3 nitrogen and oxygen atoms in total. The van der Waals surface area contributed by atoms with Crippen molar-refractivity contribution in [3.8, 4) is 11.5 Å². The first-order valence-corrected chi connectivity index (χ1v) is 20.5. The minimum Gasteiger partial charge on any atom is -0.457 e.